The molecule has 2 aliphatic rings. The summed E-state index contributed by atoms with van der Waals surface area (Å²) in [6, 6.07) is 0. The first kappa shape index (κ1) is 6.21. The average molecular weight is 158 g/mol. The first-order valence-corrected chi connectivity index (χ1v) is 3.06. The molecule has 0 saturated carbocycles. The van der Waals surface area contributed by atoms with Crippen molar-refractivity contribution in [2.75, 3.05) is 0 Å². The first-order chi connectivity index (χ1) is 5.27. The van der Waals surface area contributed by atoms with Gasteiger partial charge in [-0.2, -0.15) is 0 Å². The van der Waals surface area contributed by atoms with Crippen molar-refractivity contribution in [3.63, 3.8) is 0 Å². The molecule has 11 heavy (non-hydrogen) atoms. The van der Waals surface area contributed by atoms with E-state index >= 15 is 0 Å². The first-order valence-electron chi connectivity index (χ1n) is 3.06. The lowest BCUT2D eigenvalue weighted by molar-refractivity contribution is -0.173. The third kappa shape index (κ3) is 0.849. The lowest BCUT2D eigenvalue weighted by Crippen LogP contribution is -1.79. The summed E-state index contributed by atoms with van der Waals surface area (Å²) in [7, 11) is 0. The SMILES string of the molecule is Cc1oc2oooc=2oc1C. The summed E-state index contributed by atoms with van der Waals surface area (Å²) in [5, 5.41) is 0. The molecule has 0 unspecified atom stereocenters. The van der Waals surface area contributed by atoms with Gasteiger partial charge in [-0.05, 0) is 13.8 Å². The van der Waals surface area contributed by atoms with Crippen molar-refractivity contribution in [1.29, 1.82) is 0 Å². The monoisotopic (exact) mass is 158 g/mol. The molecule has 0 aromatic carbocycles. The Balaban J connectivity index is 2.96. The molecule has 0 atom stereocenters. The van der Waals surface area contributed by atoms with E-state index in [1.807, 2.05) is 0 Å². The average Bonchev–Trinajstić information content (AvgIpc) is 2.36. The van der Waals surface area contributed by atoms with E-state index in [0.717, 1.165) is 0 Å². The van der Waals surface area contributed by atoms with Crippen molar-refractivity contribution in [1.82, 2.24) is 0 Å². The largest absolute Gasteiger partial charge is 0.427 e. The van der Waals surface area contributed by atoms with Crippen LogP contribution in [0.5, 0.6) is 0 Å². The quantitative estimate of drug-likeness (QED) is 0.549. The highest BCUT2D eigenvalue weighted by atomic mass is 17.2. The van der Waals surface area contributed by atoms with E-state index < -0.39 is 0 Å². The van der Waals surface area contributed by atoms with Gasteiger partial charge in [0.25, 0.3) is 0 Å². The minimum Gasteiger partial charge on any atom is -0.419 e. The number of aryl methyl sites for hydroxylation is 2. The van der Waals surface area contributed by atoms with Gasteiger partial charge in [0.2, 0.25) is 0 Å². The molecule has 0 radical (unpaired) electrons. The minimum absolute atomic E-state index is 0.105. The zero-order valence-electron chi connectivity index (χ0n) is 6.04. The van der Waals surface area contributed by atoms with Gasteiger partial charge in [0.05, 0.1) is 0 Å². The summed E-state index contributed by atoms with van der Waals surface area (Å²) < 4.78 is 23.2. The zero-order chi connectivity index (χ0) is 7.84. The summed E-state index contributed by atoms with van der Waals surface area (Å²) in [5.74, 6) is 1.25. The Bertz CT molecular complexity index is 392. The van der Waals surface area contributed by atoms with Crippen molar-refractivity contribution in [2.24, 2.45) is 0 Å². The lowest BCUT2D eigenvalue weighted by atomic mass is 10.4. The normalized spacial score (nSPS) is 10.7. The van der Waals surface area contributed by atoms with E-state index in [-0.39, 0.29) is 11.2 Å². The molecule has 0 amide bonds. The Morgan fingerprint density at radius 3 is 1.73 bits per heavy atom. The highest BCUT2D eigenvalue weighted by Gasteiger charge is 2.05. The molecule has 5 heteroatoms. The van der Waals surface area contributed by atoms with Gasteiger partial charge in [0.15, 0.2) is 0 Å². The maximum absolute atomic E-state index is 5.08. The standard InChI is InChI=1S/C6H6O5/c1-3-4(2)8-6-5(7-3)9-11-10-6/h1-2H3. The van der Waals surface area contributed by atoms with Crippen LogP contribution >= 0.6 is 0 Å². The van der Waals surface area contributed by atoms with Crippen molar-refractivity contribution < 1.29 is 22.7 Å². The smallest absolute Gasteiger partial charge is 0.419 e. The van der Waals surface area contributed by atoms with E-state index in [1.165, 1.54) is 0 Å². The molecule has 2 aliphatic heterocycles. The summed E-state index contributed by atoms with van der Waals surface area (Å²) >= 11 is 0. The highest BCUT2D eigenvalue weighted by molar-refractivity contribution is 4.95. The fourth-order valence-corrected chi connectivity index (χ4v) is 0.686. The van der Waals surface area contributed by atoms with Crippen LogP contribution in [-0.4, -0.2) is 0 Å². The fraction of sp³-hybridized carbons (Fsp3) is 0.333. The maximum atomic E-state index is 5.08. The molecule has 0 aromatic heterocycles. The summed E-state index contributed by atoms with van der Waals surface area (Å²) in [6.45, 7) is 3.50. The maximum Gasteiger partial charge on any atom is 0.427 e. The number of hydrogen-bond donors (Lipinski definition) is 0. The minimum atomic E-state index is 0.105. The Morgan fingerprint density at radius 1 is 0.818 bits per heavy atom. The van der Waals surface area contributed by atoms with Gasteiger partial charge in [-0.25, -0.2) is 9.15 Å². The molecule has 0 aromatic rings. The van der Waals surface area contributed by atoms with Gasteiger partial charge >= 0.3 is 11.2 Å². The molecular formula is C6H6O5. The van der Waals surface area contributed by atoms with Crippen LogP contribution in [0, 0.1) is 25.1 Å². The molecule has 0 aliphatic carbocycles. The number of rotatable bonds is 0. The van der Waals surface area contributed by atoms with Crippen LogP contribution in [-0.2, 0) is 0 Å². The highest BCUT2D eigenvalue weighted by Crippen LogP contribution is 2.09. The van der Waals surface area contributed by atoms with Crippen LogP contribution in [0.1, 0.15) is 11.5 Å². The van der Waals surface area contributed by atoms with E-state index in [0.29, 0.717) is 11.5 Å². The van der Waals surface area contributed by atoms with Crippen molar-refractivity contribution in [3.05, 3.63) is 22.7 Å². The van der Waals surface area contributed by atoms with Crippen LogP contribution in [0.3, 0.4) is 0 Å². The van der Waals surface area contributed by atoms with E-state index in [1.54, 1.807) is 13.8 Å². The summed E-state index contributed by atoms with van der Waals surface area (Å²) in [5.41, 5.74) is 0.209. The third-order valence-electron chi connectivity index (χ3n) is 1.37. The summed E-state index contributed by atoms with van der Waals surface area (Å²) in [6.07, 6.45) is 0. The predicted octanol–water partition coefficient (Wildman–Crippen LogP) is 2.12. The zero-order valence-corrected chi connectivity index (χ0v) is 6.04. The van der Waals surface area contributed by atoms with Crippen molar-refractivity contribution in [2.45, 2.75) is 13.8 Å². The van der Waals surface area contributed by atoms with Gasteiger partial charge in [0, 0.05) is 0 Å². The van der Waals surface area contributed by atoms with Gasteiger partial charge in [-0.1, -0.05) is 4.74 Å². The molecule has 0 bridgehead atoms. The topological polar surface area (TPSA) is 65.7 Å². The van der Waals surface area contributed by atoms with Crippen molar-refractivity contribution >= 4 is 0 Å². The molecule has 2 rings (SSSR count). The van der Waals surface area contributed by atoms with Crippen LogP contribution < -0.4 is 0 Å². The molecule has 2 heterocycles. The lowest BCUT2D eigenvalue weighted by Gasteiger charge is -1.90. The Kier molecular flexibility index (Phi) is 1.12. The van der Waals surface area contributed by atoms with Crippen LogP contribution in [0.2, 0.25) is 0 Å². The molecular weight excluding hydrogens is 152 g/mol. The van der Waals surface area contributed by atoms with Crippen LogP contribution in [0.25, 0.3) is 0 Å². The second-order valence-corrected chi connectivity index (χ2v) is 2.13. The Hall–Kier alpha value is -1.52. The van der Waals surface area contributed by atoms with Crippen LogP contribution in [0.4, 0.5) is 0 Å². The van der Waals surface area contributed by atoms with Crippen molar-refractivity contribution in [3.8, 4) is 0 Å². The molecule has 0 fully saturated rings. The second-order valence-electron chi connectivity index (χ2n) is 2.13. The van der Waals surface area contributed by atoms with Gasteiger partial charge in [0.1, 0.15) is 11.5 Å². The van der Waals surface area contributed by atoms with Gasteiger partial charge < -0.3 is 8.83 Å². The van der Waals surface area contributed by atoms with Gasteiger partial charge in [-0.3, -0.25) is 0 Å². The predicted molar refractivity (Wildman–Crippen MR) is 30.2 cm³/mol. The van der Waals surface area contributed by atoms with E-state index in [9.17, 15) is 0 Å². The molecule has 5 nitrogen and oxygen atoms in total. The molecule has 0 spiro atoms. The van der Waals surface area contributed by atoms with E-state index in [4.69, 9.17) is 8.83 Å². The molecule has 0 saturated heterocycles. The Morgan fingerprint density at radius 2 is 1.27 bits per heavy atom. The fourth-order valence-electron chi connectivity index (χ4n) is 0.686. The molecule has 60 valence electrons. The Labute approximate surface area is 60.4 Å². The van der Waals surface area contributed by atoms with Gasteiger partial charge in [-0.15, -0.1) is 0 Å². The number of hydrogen-bond acceptors (Lipinski definition) is 5. The second kappa shape index (κ2) is 1.98. The van der Waals surface area contributed by atoms with E-state index in [2.05, 4.69) is 13.9 Å². The molecule has 0 N–H and O–H groups in total. The summed E-state index contributed by atoms with van der Waals surface area (Å²) in [4.78, 5) is 0. The third-order valence-corrected chi connectivity index (χ3v) is 1.37. The van der Waals surface area contributed by atoms with Crippen LogP contribution in [0.15, 0.2) is 22.7 Å².